The van der Waals surface area contributed by atoms with Crippen LogP contribution in [-0.2, 0) is 14.3 Å². The number of rotatable bonds is 2. The van der Waals surface area contributed by atoms with E-state index in [1.54, 1.807) is 0 Å². The summed E-state index contributed by atoms with van der Waals surface area (Å²) in [6, 6.07) is 0. The van der Waals surface area contributed by atoms with E-state index in [2.05, 4.69) is 28.4 Å². The third kappa shape index (κ3) is 8.59. The van der Waals surface area contributed by atoms with Gasteiger partial charge >= 0.3 is 11.9 Å². The van der Waals surface area contributed by atoms with Gasteiger partial charge in [-0.1, -0.05) is 25.7 Å². The molecule has 0 saturated heterocycles. The Hall–Kier alpha value is -1.74. The van der Waals surface area contributed by atoms with Gasteiger partial charge in [0.2, 0.25) is 0 Å². The van der Waals surface area contributed by atoms with Crippen molar-refractivity contribution >= 4 is 11.9 Å². The molecule has 3 nitrogen and oxygen atoms in total. The van der Waals surface area contributed by atoms with E-state index in [1.807, 2.05) is 13.8 Å². The number of hydrogen-bond donors (Lipinski definition) is 0. The summed E-state index contributed by atoms with van der Waals surface area (Å²) in [6.07, 6.45) is 2.96. The van der Waals surface area contributed by atoms with Crippen molar-refractivity contribution in [1.29, 1.82) is 0 Å². The molecule has 0 aliphatic carbocycles. The number of carbonyl (C=O) groups excluding carboxylic acids is 2. The highest BCUT2D eigenvalue weighted by Gasteiger charge is 2.02. The molecule has 0 atom stereocenters. The SMILES string of the molecule is CCCC#CC(=O)OC(=O)C#CCCC. The minimum Gasteiger partial charge on any atom is -0.373 e. The molecule has 3 heteroatoms. The molecule has 0 aliphatic heterocycles. The van der Waals surface area contributed by atoms with Crippen LogP contribution in [0.2, 0.25) is 0 Å². The maximum absolute atomic E-state index is 10.9. The lowest BCUT2D eigenvalue weighted by atomic mass is 10.3. The van der Waals surface area contributed by atoms with E-state index >= 15 is 0 Å². The molecule has 0 heterocycles. The van der Waals surface area contributed by atoms with Crippen LogP contribution in [0.5, 0.6) is 0 Å². The first-order valence-corrected chi connectivity index (χ1v) is 4.94. The van der Waals surface area contributed by atoms with Crippen molar-refractivity contribution in [2.75, 3.05) is 0 Å². The number of ether oxygens (including phenoxy) is 1. The average molecular weight is 206 g/mol. The van der Waals surface area contributed by atoms with Gasteiger partial charge in [-0.05, 0) is 12.8 Å². The molecule has 0 fully saturated rings. The van der Waals surface area contributed by atoms with Gasteiger partial charge in [0, 0.05) is 24.7 Å². The Balaban J connectivity index is 3.95. The van der Waals surface area contributed by atoms with E-state index in [-0.39, 0.29) is 0 Å². The van der Waals surface area contributed by atoms with E-state index < -0.39 is 11.9 Å². The van der Waals surface area contributed by atoms with Gasteiger partial charge < -0.3 is 4.74 Å². The normalized spacial score (nSPS) is 7.87. The first-order chi connectivity index (χ1) is 7.20. The molecule has 0 aliphatic rings. The molecule has 0 aromatic heterocycles. The van der Waals surface area contributed by atoms with E-state index in [4.69, 9.17) is 0 Å². The first kappa shape index (κ1) is 13.3. The molecule has 0 spiro atoms. The number of esters is 2. The zero-order valence-electron chi connectivity index (χ0n) is 9.05. The highest BCUT2D eigenvalue weighted by atomic mass is 16.6. The van der Waals surface area contributed by atoms with Gasteiger partial charge in [0.05, 0.1) is 0 Å². The smallest absolute Gasteiger partial charge is 0.373 e. The van der Waals surface area contributed by atoms with E-state index in [1.165, 1.54) is 0 Å². The van der Waals surface area contributed by atoms with Gasteiger partial charge in [0.25, 0.3) is 0 Å². The summed E-state index contributed by atoms with van der Waals surface area (Å²) in [4.78, 5) is 21.8. The Bertz CT molecular complexity index is 299. The van der Waals surface area contributed by atoms with Crippen molar-refractivity contribution in [3.63, 3.8) is 0 Å². The van der Waals surface area contributed by atoms with Crippen LogP contribution in [0.3, 0.4) is 0 Å². The fraction of sp³-hybridized carbons (Fsp3) is 0.500. The monoisotopic (exact) mass is 206 g/mol. The van der Waals surface area contributed by atoms with Crippen LogP contribution in [0, 0.1) is 23.7 Å². The van der Waals surface area contributed by atoms with Crippen molar-refractivity contribution in [3.8, 4) is 23.7 Å². The molecule has 0 N–H and O–H groups in total. The predicted molar refractivity (Wildman–Crippen MR) is 56.5 cm³/mol. The highest BCUT2D eigenvalue weighted by molar-refractivity contribution is 6.02. The second-order valence-electron chi connectivity index (χ2n) is 2.78. The molecule has 0 unspecified atom stereocenters. The van der Waals surface area contributed by atoms with Gasteiger partial charge in [-0.3, -0.25) is 0 Å². The van der Waals surface area contributed by atoms with Gasteiger partial charge in [-0.2, -0.15) is 0 Å². The minimum absolute atomic E-state index is 0.616. The fourth-order valence-electron chi connectivity index (χ4n) is 0.655. The number of unbranched alkanes of at least 4 members (excludes halogenated alkanes) is 2. The summed E-state index contributed by atoms with van der Waals surface area (Å²) in [5, 5.41) is 0. The average Bonchev–Trinajstić information content (AvgIpc) is 2.18. The molecule has 0 rings (SSSR count). The molecule has 15 heavy (non-hydrogen) atoms. The number of hydrogen-bond acceptors (Lipinski definition) is 3. The van der Waals surface area contributed by atoms with Crippen LogP contribution in [0.1, 0.15) is 39.5 Å². The van der Waals surface area contributed by atoms with Crippen LogP contribution in [0.25, 0.3) is 0 Å². The third-order valence-electron chi connectivity index (χ3n) is 1.32. The summed E-state index contributed by atoms with van der Waals surface area (Å²) in [6.45, 7) is 3.89. The summed E-state index contributed by atoms with van der Waals surface area (Å²) in [5.41, 5.74) is 0. The van der Waals surface area contributed by atoms with Crippen molar-refractivity contribution < 1.29 is 14.3 Å². The lowest BCUT2D eigenvalue weighted by molar-refractivity contribution is -0.151. The molecule has 0 saturated carbocycles. The topological polar surface area (TPSA) is 43.4 Å². The summed E-state index contributed by atoms with van der Waals surface area (Å²) in [5.74, 6) is 7.91. The maximum atomic E-state index is 10.9. The standard InChI is InChI=1S/C12H14O3/c1-3-5-7-9-11(13)15-12(14)10-8-6-4-2/h3-6H2,1-2H3. The van der Waals surface area contributed by atoms with Crippen molar-refractivity contribution in [1.82, 2.24) is 0 Å². The Kier molecular flexibility index (Phi) is 7.82. The van der Waals surface area contributed by atoms with Crippen molar-refractivity contribution in [2.24, 2.45) is 0 Å². The van der Waals surface area contributed by atoms with Gasteiger partial charge in [0.1, 0.15) is 0 Å². The summed E-state index contributed by atoms with van der Waals surface area (Å²) >= 11 is 0. The largest absolute Gasteiger partial charge is 0.392 e. The van der Waals surface area contributed by atoms with Crippen LogP contribution >= 0.6 is 0 Å². The van der Waals surface area contributed by atoms with E-state index in [9.17, 15) is 9.59 Å². The minimum atomic E-state index is -0.834. The predicted octanol–water partition coefficient (Wildman–Crippen LogP) is 1.66. The van der Waals surface area contributed by atoms with Crippen molar-refractivity contribution in [2.45, 2.75) is 39.5 Å². The summed E-state index contributed by atoms with van der Waals surface area (Å²) < 4.78 is 4.32. The molecule has 0 aromatic rings. The van der Waals surface area contributed by atoms with Crippen LogP contribution in [-0.4, -0.2) is 11.9 Å². The lowest BCUT2D eigenvalue weighted by Crippen LogP contribution is -2.07. The Morgan fingerprint density at radius 2 is 1.33 bits per heavy atom. The second-order valence-corrected chi connectivity index (χ2v) is 2.78. The Morgan fingerprint density at radius 3 is 1.67 bits per heavy atom. The Morgan fingerprint density at radius 1 is 0.933 bits per heavy atom. The quantitative estimate of drug-likeness (QED) is 0.299. The van der Waals surface area contributed by atoms with E-state index in [0.717, 1.165) is 12.8 Å². The van der Waals surface area contributed by atoms with Gasteiger partial charge in [-0.25, -0.2) is 9.59 Å². The zero-order valence-corrected chi connectivity index (χ0v) is 9.05. The van der Waals surface area contributed by atoms with Crippen LogP contribution in [0.15, 0.2) is 0 Å². The highest BCUT2D eigenvalue weighted by Crippen LogP contribution is 1.85. The molecule has 0 bridgehead atoms. The number of carbonyl (C=O) groups is 2. The van der Waals surface area contributed by atoms with E-state index in [0.29, 0.717) is 12.8 Å². The van der Waals surface area contributed by atoms with Gasteiger partial charge in [0.15, 0.2) is 0 Å². The van der Waals surface area contributed by atoms with Crippen LogP contribution < -0.4 is 0 Å². The molecule has 0 aromatic carbocycles. The lowest BCUT2D eigenvalue weighted by Gasteiger charge is -1.88. The first-order valence-electron chi connectivity index (χ1n) is 4.94. The van der Waals surface area contributed by atoms with Crippen molar-refractivity contribution in [3.05, 3.63) is 0 Å². The maximum Gasteiger partial charge on any atom is 0.392 e. The molecular formula is C12H14O3. The molecule has 0 amide bonds. The van der Waals surface area contributed by atoms with Crippen LogP contribution in [0.4, 0.5) is 0 Å². The molecule has 0 radical (unpaired) electrons. The Labute approximate surface area is 90.2 Å². The molecule has 80 valence electrons. The zero-order chi connectivity index (χ0) is 11.5. The molecular weight excluding hydrogens is 192 g/mol. The third-order valence-corrected chi connectivity index (χ3v) is 1.32. The fourth-order valence-corrected chi connectivity index (χ4v) is 0.655. The summed E-state index contributed by atoms with van der Waals surface area (Å²) in [7, 11) is 0. The van der Waals surface area contributed by atoms with Gasteiger partial charge in [-0.15, -0.1) is 0 Å². The second kappa shape index (κ2) is 8.84.